The highest BCUT2D eigenvalue weighted by atomic mass is 19.1. The molecule has 4 heteroatoms. The highest BCUT2D eigenvalue weighted by Gasteiger charge is 2.41. The van der Waals surface area contributed by atoms with Crippen molar-refractivity contribution in [1.82, 2.24) is 10.3 Å². The molecule has 0 aliphatic heterocycles. The third-order valence-electron chi connectivity index (χ3n) is 5.20. The Balaban J connectivity index is 2.26. The molecule has 1 aliphatic carbocycles. The first kappa shape index (κ1) is 16.4. The van der Waals surface area contributed by atoms with Gasteiger partial charge in [0, 0.05) is 11.6 Å². The molecule has 1 saturated carbocycles. The number of nitrogens with zero attached hydrogens (tertiary/aromatic N) is 1. The molecule has 1 aromatic rings. The highest BCUT2D eigenvalue weighted by molar-refractivity contribution is 5.28. The maximum Gasteiger partial charge on any atom is 0.123 e. The standard InChI is InChI=1S/C17H28FN3/c1-13-7-8-15(18)11-14(13)12-16(20-19)17(21(2)3)9-5-4-6-10-17/h7-8,11,16,20H,4-6,9-10,12,19H2,1-3H3. The maximum absolute atomic E-state index is 13.5. The van der Waals surface area contributed by atoms with Crippen molar-refractivity contribution in [2.24, 2.45) is 5.84 Å². The minimum atomic E-state index is -0.172. The van der Waals surface area contributed by atoms with Gasteiger partial charge in [-0.2, -0.15) is 0 Å². The number of nitrogens with two attached hydrogens (primary N) is 1. The normalized spacial score (nSPS) is 19.7. The van der Waals surface area contributed by atoms with E-state index in [4.69, 9.17) is 5.84 Å². The predicted molar refractivity (Wildman–Crippen MR) is 85.5 cm³/mol. The van der Waals surface area contributed by atoms with Crippen LogP contribution in [-0.2, 0) is 6.42 Å². The van der Waals surface area contributed by atoms with Gasteiger partial charge in [-0.15, -0.1) is 0 Å². The zero-order valence-electron chi connectivity index (χ0n) is 13.5. The molecule has 21 heavy (non-hydrogen) atoms. The first-order chi connectivity index (χ1) is 9.99. The van der Waals surface area contributed by atoms with E-state index in [-0.39, 0.29) is 17.4 Å². The Morgan fingerprint density at radius 2 is 1.95 bits per heavy atom. The van der Waals surface area contributed by atoms with Crippen molar-refractivity contribution < 1.29 is 4.39 Å². The van der Waals surface area contributed by atoms with E-state index < -0.39 is 0 Å². The fourth-order valence-electron chi connectivity index (χ4n) is 3.76. The fraction of sp³-hybridized carbons (Fsp3) is 0.647. The fourth-order valence-corrected chi connectivity index (χ4v) is 3.76. The van der Waals surface area contributed by atoms with Crippen LogP contribution in [0.3, 0.4) is 0 Å². The summed E-state index contributed by atoms with van der Waals surface area (Å²) in [7, 11) is 4.27. The van der Waals surface area contributed by atoms with Crippen LogP contribution in [0.15, 0.2) is 18.2 Å². The number of likely N-dealkylation sites (N-methyl/N-ethyl adjacent to an activating group) is 1. The summed E-state index contributed by atoms with van der Waals surface area (Å²) in [6, 6.07) is 5.15. The second-order valence-corrected chi connectivity index (χ2v) is 6.55. The van der Waals surface area contributed by atoms with Crippen LogP contribution in [0.5, 0.6) is 0 Å². The summed E-state index contributed by atoms with van der Waals surface area (Å²) in [5.41, 5.74) is 5.26. The number of halogens is 1. The first-order valence-electron chi connectivity index (χ1n) is 7.88. The van der Waals surface area contributed by atoms with Gasteiger partial charge >= 0.3 is 0 Å². The van der Waals surface area contributed by atoms with Crippen LogP contribution >= 0.6 is 0 Å². The molecule has 2 rings (SSSR count). The monoisotopic (exact) mass is 293 g/mol. The van der Waals surface area contributed by atoms with E-state index in [1.807, 2.05) is 13.0 Å². The van der Waals surface area contributed by atoms with E-state index in [9.17, 15) is 4.39 Å². The Morgan fingerprint density at radius 1 is 1.29 bits per heavy atom. The van der Waals surface area contributed by atoms with Crippen LogP contribution in [0.4, 0.5) is 4.39 Å². The lowest BCUT2D eigenvalue weighted by atomic mass is 9.73. The number of aryl methyl sites for hydroxylation is 1. The molecule has 1 atom stereocenters. The molecule has 0 radical (unpaired) electrons. The van der Waals surface area contributed by atoms with Gasteiger partial charge in [-0.3, -0.25) is 11.3 Å². The zero-order chi connectivity index (χ0) is 15.5. The van der Waals surface area contributed by atoms with Gasteiger partial charge in [-0.05, 0) is 63.5 Å². The summed E-state index contributed by atoms with van der Waals surface area (Å²) >= 11 is 0. The van der Waals surface area contributed by atoms with Gasteiger partial charge < -0.3 is 4.90 Å². The summed E-state index contributed by atoms with van der Waals surface area (Å²) in [6.07, 6.45) is 6.81. The van der Waals surface area contributed by atoms with Gasteiger partial charge in [0.05, 0.1) is 0 Å². The number of hydrogen-bond acceptors (Lipinski definition) is 3. The quantitative estimate of drug-likeness (QED) is 0.648. The van der Waals surface area contributed by atoms with Crippen LogP contribution < -0.4 is 11.3 Å². The molecule has 0 aromatic heterocycles. The molecule has 1 aromatic carbocycles. The topological polar surface area (TPSA) is 41.3 Å². The van der Waals surface area contributed by atoms with Crippen LogP contribution in [0.25, 0.3) is 0 Å². The van der Waals surface area contributed by atoms with E-state index >= 15 is 0 Å². The zero-order valence-corrected chi connectivity index (χ0v) is 13.5. The highest BCUT2D eigenvalue weighted by Crippen LogP contribution is 2.36. The van der Waals surface area contributed by atoms with Crippen LogP contribution in [-0.4, -0.2) is 30.6 Å². The van der Waals surface area contributed by atoms with E-state index in [1.54, 1.807) is 6.07 Å². The number of hydrazine groups is 1. The van der Waals surface area contributed by atoms with Gasteiger partial charge in [0.1, 0.15) is 5.82 Å². The second kappa shape index (κ2) is 6.86. The molecular weight excluding hydrogens is 265 g/mol. The molecule has 0 amide bonds. The van der Waals surface area contributed by atoms with E-state index in [1.165, 1.54) is 25.3 Å². The van der Waals surface area contributed by atoms with Gasteiger partial charge in [-0.25, -0.2) is 4.39 Å². The minimum absolute atomic E-state index is 0.0613. The summed E-state index contributed by atoms with van der Waals surface area (Å²) in [5.74, 6) is 5.72. The molecule has 0 heterocycles. The van der Waals surface area contributed by atoms with Crippen molar-refractivity contribution in [3.63, 3.8) is 0 Å². The number of rotatable bonds is 5. The van der Waals surface area contributed by atoms with Crippen molar-refractivity contribution in [3.8, 4) is 0 Å². The molecule has 3 N–H and O–H groups in total. The van der Waals surface area contributed by atoms with Gasteiger partial charge in [0.25, 0.3) is 0 Å². The van der Waals surface area contributed by atoms with Crippen LogP contribution in [0.2, 0.25) is 0 Å². The average Bonchev–Trinajstić information content (AvgIpc) is 2.48. The summed E-state index contributed by atoms with van der Waals surface area (Å²) in [6.45, 7) is 2.03. The lowest BCUT2D eigenvalue weighted by Gasteiger charge is -2.48. The maximum atomic E-state index is 13.5. The Labute approximate surface area is 127 Å². The van der Waals surface area contributed by atoms with Crippen molar-refractivity contribution in [2.45, 2.75) is 57.0 Å². The lowest BCUT2D eigenvalue weighted by Crippen LogP contribution is -2.62. The number of hydrogen-bond donors (Lipinski definition) is 2. The smallest absolute Gasteiger partial charge is 0.123 e. The second-order valence-electron chi connectivity index (χ2n) is 6.55. The predicted octanol–water partition coefficient (Wildman–Crippen LogP) is 2.77. The molecule has 3 nitrogen and oxygen atoms in total. The van der Waals surface area contributed by atoms with Crippen LogP contribution in [0, 0.1) is 12.7 Å². The van der Waals surface area contributed by atoms with E-state index in [0.717, 1.165) is 30.4 Å². The van der Waals surface area contributed by atoms with Crippen molar-refractivity contribution in [1.29, 1.82) is 0 Å². The third-order valence-corrected chi connectivity index (χ3v) is 5.20. The molecule has 1 fully saturated rings. The third kappa shape index (κ3) is 3.44. The Morgan fingerprint density at radius 3 is 2.52 bits per heavy atom. The summed E-state index contributed by atoms with van der Waals surface area (Å²) in [5, 5.41) is 0. The van der Waals surface area contributed by atoms with Crippen molar-refractivity contribution >= 4 is 0 Å². The number of benzene rings is 1. The molecule has 0 bridgehead atoms. The molecule has 0 spiro atoms. The SMILES string of the molecule is Cc1ccc(F)cc1CC(NN)C1(N(C)C)CCCCC1. The van der Waals surface area contributed by atoms with Gasteiger partial charge in [0.2, 0.25) is 0 Å². The molecular formula is C17H28FN3. The first-order valence-corrected chi connectivity index (χ1v) is 7.88. The van der Waals surface area contributed by atoms with Gasteiger partial charge in [-0.1, -0.05) is 25.3 Å². The van der Waals surface area contributed by atoms with Crippen molar-refractivity contribution in [3.05, 3.63) is 35.1 Å². The molecule has 1 unspecified atom stereocenters. The Bertz CT molecular complexity index is 467. The largest absolute Gasteiger partial charge is 0.302 e. The van der Waals surface area contributed by atoms with Gasteiger partial charge in [0.15, 0.2) is 0 Å². The summed E-state index contributed by atoms with van der Waals surface area (Å²) < 4.78 is 13.5. The molecule has 0 saturated heterocycles. The van der Waals surface area contributed by atoms with E-state index in [0.29, 0.717) is 0 Å². The Kier molecular flexibility index (Phi) is 5.36. The van der Waals surface area contributed by atoms with Crippen LogP contribution in [0.1, 0.15) is 43.2 Å². The summed E-state index contributed by atoms with van der Waals surface area (Å²) in [4.78, 5) is 2.31. The Hall–Kier alpha value is -0.970. The van der Waals surface area contributed by atoms with E-state index in [2.05, 4.69) is 24.4 Å². The molecule has 1 aliphatic rings. The minimum Gasteiger partial charge on any atom is -0.302 e. The lowest BCUT2D eigenvalue weighted by molar-refractivity contribution is 0.0568. The molecule has 118 valence electrons. The average molecular weight is 293 g/mol. The van der Waals surface area contributed by atoms with Crippen molar-refractivity contribution in [2.75, 3.05) is 14.1 Å². The number of nitrogens with one attached hydrogen (secondary N) is 1.